The first-order valence-corrected chi connectivity index (χ1v) is 5.49. The molecular weight excluding hydrogens is 235 g/mol. The van der Waals surface area contributed by atoms with E-state index in [1.54, 1.807) is 18.2 Å². The number of carbonyl (C=O) groups is 1. The molecule has 15 heavy (non-hydrogen) atoms. The summed E-state index contributed by atoms with van der Waals surface area (Å²) in [7, 11) is 0. The third kappa shape index (κ3) is 2.11. The maximum atomic E-state index is 11.5. The molecule has 2 rings (SSSR count). The first-order valence-electron chi connectivity index (χ1n) is 4.73. The molecule has 1 fully saturated rings. The second kappa shape index (κ2) is 4.03. The first-order chi connectivity index (χ1) is 7.08. The van der Waals surface area contributed by atoms with Crippen molar-refractivity contribution in [1.29, 1.82) is 0 Å². The number of hydrogen-bond donors (Lipinski definition) is 0. The van der Waals surface area contributed by atoms with Gasteiger partial charge in [0.1, 0.15) is 6.10 Å². The Morgan fingerprint density at radius 2 is 2.13 bits per heavy atom. The van der Waals surface area contributed by atoms with Crippen molar-refractivity contribution in [3.05, 3.63) is 33.8 Å². The number of benzene rings is 1. The van der Waals surface area contributed by atoms with Gasteiger partial charge in [-0.1, -0.05) is 29.3 Å². The summed E-state index contributed by atoms with van der Waals surface area (Å²) in [5.74, 6) is -0.448. The Labute approximate surface area is 98.1 Å². The highest BCUT2D eigenvalue weighted by molar-refractivity contribution is 6.35. The van der Waals surface area contributed by atoms with E-state index in [9.17, 15) is 4.79 Å². The molecule has 1 heterocycles. The molecule has 0 spiro atoms. The van der Waals surface area contributed by atoms with Crippen molar-refractivity contribution in [2.75, 3.05) is 0 Å². The predicted molar refractivity (Wildman–Crippen MR) is 59.4 cm³/mol. The minimum atomic E-state index is -0.246. The van der Waals surface area contributed by atoms with E-state index in [1.165, 1.54) is 0 Å². The van der Waals surface area contributed by atoms with Gasteiger partial charge in [-0.2, -0.15) is 0 Å². The lowest BCUT2D eigenvalue weighted by Gasteiger charge is -2.08. The monoisotopic (exact) mass is 244 g/mol. The van der Waals surface area contributed by atoms with Crippen molar-refractivity contribution >= 4 is 29.2 Å². The third-order valence-electron chi connectivity index (χ3n) is 2.51. The molecule has 1 aromatic carbocycles. The van der Waals surface area contributed by atoms with E-state index in [0.717, 1.165) is 5.56 Å². The van der Waals surface area contributed by atoms with E-state index in [4.69, 9.17) is 27.9 Å². The van der Waals surface area contributed by atoms with Gasteiger partial charge in [-0.15, -0.1) is 0 Å². The van der Waals surface area contributed by atoms with Gasteiger partial charge in [0.25, 0.3) is 0 Å². The molecule has 0 aromatic heterocycles. The maximum absolute atomic E-state index is 11.5. The molecule has 2 unspecified atom stereocenters. The first kappa shape index (κ1) is 10.8. The highest BCUT2D eigenvalue weighted by Crippen LogP contribution is 2.35. The van der Waals surface area contributed by atoms with Crippen molar-refractivity contribution in [2.45, 2.75) is 25.4 Å². The Kier molecular flexibility index (Phi) is 2.89. The highest BCUT2D eigenvalue weighted by atomic mass is 35.5. The molecule has 0 saturated carbocycles. The van der Waals surface area contributed by atoms with Crippen LogP contribution in [-0.4, -0.2) is 12.1 Å². The molecular formula is C11H10Cl2O2. The van der Waals surface area contributed by atoms with Crippen LogP contribution in [0.2, 0.25) is 10.0 Å². The zero-order valence-electron chi connectivity index (χ0n) is 8.17. The van der Waals surface area contributed by atoms with E-state index in [0.29, 0.717) is 16.5 Å². The maximum Gasteiger partial charge on any atom is 0.313 e. The SMILES string of the molecule is CC1CC(c2ccc(Cl)cc2Cl)C(=O)O1. The largest absolute Gasteiger partial charge is 0.462 e. The lowest BCUT2D eigenvalue weighted by atomic mass is 9.96. The summed E-state index contributed by atoms with van der Waals surface area (Å²) in [4.78, 5) is 11.5. The van der Waals surface area contributed by atoms with Gasteiger partial charge in [0.05, 0.1) is 5.92 Å². The molecule has 1 aromatic rings. The van der Waals surface area contributed by atoms with Crippen LogP contribution in [0, 0.1) is 0 Å². The molecule has 4 heteroatoms. The molecule has 80 valence electrons. The van der Waals surface area contributed by atoms with E-state index in [-0.39, 0.29) is 18.0 Å². The summed E-state index contributed by atoms with van der Waals surface area (Å²) in [6.45, 7) is 1.88. The van der Waals surface area contributed by atoms with Gasteiger partial charge in [-0.3, -0.25) is 4.79 Å². The van der Waals surface area contributed by atoms with Crippen LogP contribution < -0.4 is 0 Å². The molecule has 1 aliphatic rings. The summed E-state index contributed by atoms with van der Waals surface area (Å²) < 4.78 is 5.08. The number of ether oxygens (including phenoxy) is 1. The molecule has 0 bridgehead atoms. The highest BCUT2D eigenvalue weighted by Gasteiger charge is 2.34. The molecule has 1 aliphatic heterocycles. The molecule has 1 saturated heterocycles. The van der Waals surface area contributed by atoms with Crippen molar-refractivity contribution in [3.63, 3.8) is 0 Å². The van der Waals surface area contributed by atoms with Gasteiger partial charge in [0.15, 0.2) is 0 Å². The number of halogens is 2. The second-order valence-corrected chi connectivity index (χ2v) is 4.55. The van der Waals surface area contributed by atoms with Crippen molar-refractivity contribution in [3.8, 4) is 0 Å². The summed E-state index contributed by atoms with van der Waals surface area (Å²) in [6.07, 6.45) is 0.648. The smallest absolute Gasteiger partial charge is 0.313 e. The molecule has 0 radical (unpaired) electrons. The fraction of sp³-hybridized carbons (Fsp3) is 0.364. The number of cyclic esters (lactones) is 1. The molecule has 0 aliphatic carbocycles. The standard InChI is InChI=1S/C11H10Cl2O2/c1-6-4-9(11(14)15-6)8-3-2-7(12)5-10(8)13/h2-3,5-6,9H,4H2,1H3. The Bertz CT molecular complexity index is 404. The fourth-order valence-corrected chi connectivity index (χ4v) is 2.33. The normalized spacial score (nSPS) is 25.4. The lowest BCUT2D eigenvalue weighted by molar-refractivity contribution is -0.141. The van der Waals surface area contributed by atoms with Crippen LogP contribution in [0.3, 0.4) is 0 Å². The van der Waals surface area contributed by atoms with Crippen LogP contribution in [0.5, 0.6) is 0 Å². The van der Waals surface area contributed by atoms with Crippen molar-refractivity contribution in [1.82, 2.24) is 0 Å². The van der Waals surface area contributed by atoms with E-state index >= 15 is 0 Å². The van der Waals surface area contributed by atoms with Crippen molar-refractivity contribution < 1.29 is 9.53 Å². The zero-order valence-corrected chi connectivity index (χ0v) is 9.68. The Hall–Kier alpha value is -0.730. The Morgan fingerprint density at radius 3 is 2.67 bits per heavy atom. The van der Waals surface area contributed by atoms with Crippen LogP contribution in [0.25, 0.3) is 0 Å². The van der Waals surface area contributed by atoms with Crippen molar-refractivity contribution in [2.24, 2.45) is 0 Å². The molecule has 2 atom stereocenters. The van der Waals surface area contributed by atoms with Crippen LogP contribution in [-0.2, 0) is 9.53 Å². The summed E-state index contributed by atoms with van der Waals surface area (Å²) >= 11 is 11.8. The van der Waals surface area contributed by atoms with Crippen LogP contribution in [0.15, 0.2) is 18.2 Å². The van der Waals surface area contributed by atoms with E-state index in [1.807, 2.05) is 6.92 Å². The number of hydrogen-bond acceptors (Lipinski definition) is 2. The van der Waals surface area contributed by atoms with Crippen LogP contribution in [0.1, 0.15) is 24.8 Å². The third-order valence-corrected chi connectivity index (χ3v) is 3.07. The van der Waals surface area contributed by atoms with Crippen LogP contribution >= 0.6 is 23.2 Å². The number of rotatable bonds is 1. The van der Waals surface area contributed by atoms with Crippen LogP contribution in [0.4, 0.5) is 0 Å². The van der Waals surface area contributed by atoms with Gasteiger partial charge < -0.3 is 4.74 Å². The molecule has 2 nitrogen and oxygen atoms in total. The van der Waals surface area contributed by atoms with E-state index < -0.39 is 0 Å². The quantitative estimate of drug-likeness (QED) is 0.708. The van der Waals surface area contributed by atoms with Gasteiger partial charge in [0, 0.05) is 16.5 Å². The second-order valence-electron chi connectivity index (χ2n) is 3.70. The number of carbonyl (C=O) groups excluding carboxylic acids is 1. The predicted octanol–water partition coefficient (Wildman–Crippen LogP) is 3.41. The van der Waals surface area contributed by atoms with Gasteiger partial charge >= 0.3 is 5.97 Å². The average Bonchev–Trinajstić information content (AvgIpc) is 2.45. The topological polar surface area (TPSA) is 26.3 Å². The van der Waals surface area contributed by atoms with E-state index in [2.05, 4.69) is 0 Å². The molecule has 0 N–H and O–H groups in total. The Morgan fingerprint density at radius 1 is 1.40 bits per heavy atom. The lowest BCUT2D eigenvalue weighted by Crippen LogP contribution is -2.06. The van der Waals surface area contributed by atoms with Gasteiger partial charge in [-0.25, -0.2) is 0 Å². The van der Waals surface area contributed by atoms with Gasteiger partial charge in [0.2, 0.25) is 0 Å². The summed E-state index contributed by atoms with van der Waals surface area (Å²) in [5.41, 5.74) is 0.801. The Balaban J connectivity index is 2.34. The molecule has 0 amide bonds. The summed E-state index contributed by atoms with van der Waals surface area (Å²) in [6, 6.07) is 5.17. The van der Waals surface area contributed by atoms with Gasteiger partial charge in [-0.05, 0) is 24.6 Å². The fourth-order valence-electron chi connectivity index (χ4n) is 1.79. The number of esters is 1. The average molecular weight is 245 g/mol. The minimum Gasteiger partial charge on any atom is -0.462 e. The minimum absolute atomic E-state index is 0.0331. The summed E-state index contributed by atoms with van der Waals surface area (Å²) in [5, 5.41) is 1.10. The zero-order chi connectivity index (χ0) is 11.0.